The minimum atomic E-state index is -1.92. The first-order chi connectivity index (χ1) is 42.6. The molecule has 0 radical (unpaired) electrons. The van der Waals surface area contributed by atoms with Gasteiger partial charge >= 0.3 is 23.9 Å². The van der Waals surface area contributed by atoms with Crippen LogP contribution < -0.4 is 0 Å². The van der Waals surface area contributed by atoms with E-state index in [9.17, 15) is 34.5 Å². The van der Waals surface area contributed by atoms with E-state index in [1.54, 1.807) is 0 Å². The molecule has 0 bridgehead atoms. The standard InChI is InChI=1S/C75H126O12/c1-4-7-10-13-16-19-22-25-28-31-34-37-40-43-46-49-52-55-58-61-67(76)83-64-66(85-68(77)62-59-56-53-50-47-44-41-38-35-32-29-26-23-20-17-14-11-8-5-2)65-84-75-73(71(80)70(79)72(87-75)74(81)82)86-69(78)63-60-57-54-51-48-45-42-39-36-33-30-27-24-21-18-15-12-9-6-3/h9,12,16-21,25-30,36,39,66,70-73,75,79-80H,4-8,10-11,13-15,22-24,31-35,37-38,40-65H2,1-3H3,(H,81,82)/b12-9-,19-16-,20-17-,21-18-,28-25-,29-26-,30-27-,39-36-. The van der Waals surface area contributed by atoms with Crippen molar-refractivity contribution in [2.75, 3.05) is 13.2 Å². The Morgan fingerprint density at radius 2 is 0.724 bits per heavy atom. The Balaban J connectivity index is 2.65. The van der Waals surface area contributed by atoms with Crippen molar-refractivity contribution in [1.82, 2.24) is 0 Å². The predicted octanol–water partition coefficient (Wildman–Crippen LogP) is 19.6. The summed E-state index contributed by atoms with van der Waals surface area (Å²) < 4.78 is 28.6. The number of carbonyl (C=O) groups is 4. The van der Waals surface area contributed by atoms with E-state index in [0.717, 1.165) is 135 Å². The van der Waals surface area contributed by atoms with Crippen molar-refractivity contribution in [3.05, 3.63) is 97.2 Å². The summed E-state index contributed by atoms with van der Waals surface area (Å²) >= 11 is 0. The third-order valence-electron chi connectivity index (χ3n) is 15.6. The van der Waals surface area contributed by atoms with Gasteiger partial charge in [-0.3, -0.25) is 14.4 Å². The zero-order valence-electron chi connectivity index (χ0n) is 55.2. The van der Waals surface area contributed by atoms with Crippen molar-refractivity contribution >= 4 is 23.9 Å². The number of aliphatic hydroxyl groups excluding tert-OH is 2. The van der Waals surface area contributed by atoms with E-state index in [4.69, 9.17) is 23.7 Å². The molecule has 3 N–H and O–H groups in total. The molecule has 1 aliphatic heterocycles. The Morgan fingerprint density at radius 1 is 0.391 bits per heavy atom. The van der Waals surface area contributed by atoms with Gasteiger partial charge in [0.15, 0.2) is 24.6 Å². The predicted molar refractivity (Wildman–Crippen MR) is 358 cm³/mol. The first kappa shape index (κ1) is 80.7. The summed E-state index contributed by atoms with van der Waals surface area (Å²) in [6.07, 6.45) is 70.6. The van der Waals surface area contributed by atoms with Crippen LogP contribution in [0.3, 0.4) is 0 Å². The van der Waals surface area contributed by atoms with E-state index in [-0.39, 0.29) is 25.9 Å². The number of hydrogen-bond donors (Lipinski definition) is 3. The maximum Gasteiger partial charge on any atom is 0.335 e. The quantitative estimate of drug-likeness (QED) is 0.0228. The molecule has 1 fully saturated rings. The van der Waals surface area contributed by atoms with Crippen LogP contribution >= 0.6 is 0 Å². The first-order valence-corrected chi connectivity index (χ1v) is 35.2. The number of aliphatic hydroxyl groups is 2. The van der Waals surface area contributed by atoms with Gasteiger partial charge in [-0.05, 0) is 122 Å². The second-order valence-electron chi connectivity index (χ2n) is 23.8. The smallest absolute Gasteiger partial charge is 0.335 e. The molecule has 6 atom stereocenters. The van der Waals surface area contributed by atoms with E-state index in [2.05, 4.69) is 118 Å². The fourth-order valence-corrected chi connectivity index (χ4v) is 10.2. The van der Waals surface area contributed by atoms with Crippen molar-refractivity contribution in [2.45, 2.75) is 340 Å². The van der Waals surface area contributed by atoms with Gasteiger partial charge in [0.25, 0.3) is 0 Å². The van der Waals surface area contributed by atoms with Gasteiger partial charge in [-0.1, -0.05) is 259 Å². The molecule has 0 aromatic carbocycles. The average Bonchev–Trinajstić information content (AvgIpc) is 2.60. The maximum absolute atomic E-state index is 13.3. The van der Waals surface area contributed by atoms with Crippen LogP contribution in [0.2, 0.25) is 0 Å². The maximum atomic E-state index is 13.3. The number of carbonyl (C=O) groups excluding carboxylic acids is 3. The van der Waals surface area contributed by atoms with Gasteiger partial charge in [0.05, 0.1) is 6.61 Å². The lowest BCUT2D eigenvalue weighted by molar-refractivity contribution is -0.301. The molecule has 0 spiro atoms. The number of ether oxygens (including phenoxy) is 5. The van der Waals surface area contributed by atoms with E-state index in [1.165, 1.54) is 109 Å². The summed E-state index contributed by atoms with van der Waals surface area (Å²) in [7, 11) is 0. The second-order valence-corrected chi connectivity index (χ2v) is 23.8. The van der Waals surface area contributed by atoms with Gasteiger partial charge in [0, 0.05) is 19.3 Å². The molecule has 0 aromatic heterocycles. The highest BCUT2D eigenvalue weighted by Crippen LogP contribution is 2.27. The number of carboxylic acid groups (broad SMARTS) is 1. The summed E-state index contributed by atoms with van der Waals surface area (Å²) in [5, 5.41) is 31.7. The van der Waals surface area contributed by atoms with Gasteiger partial charge < -0.3 is 39.0 Å². The van der Waals surface area contributed by atoms with Gasteiger partial charge in [-0.15, -0.1) is 0 Å². The molecule has 1 saturated heterocycles. The Labute approximate surface area is 530 Å². The molecule has 0 saturated carbocycles. The molecule has 0 amide bonds. The van der Waals surface area contributed by atoms with Crippen LogP contribution in [-0.4, -0.2) is 89.2 Å². The fraction of sp³-hybridized carbons (Fsp3) is 0.733. The van der Waals surface area contributed by atoms with Crippen LogP contribution in [0.1, 0.15) is 303 Å². The van der Waals surface area contributed by atoms with E-state index < -0.39 is 67.3 Å². The van der Waals surface area contributed by atoms with Crippen LogP contribution in [0.25, 0.3) is 0 Å². The number of unbranched alkanes of at least 4 members (excludes halogenated alkanes) is 30. The van der Waals surface area contributed by atoms with Gasteiger partial charge in [-0.25, -0.2) is 4.79 Å². The lowest BCUT2D eigenvalue weighted by Crippen LogP contribution is -2.61. The third-order valence-corrected chi connectivity index (χ3v) is 15.6. The summed E-state index contributed by atoms with van der Waals surface area (Å²) in [5.41, 5.74) is 0. The van der Waals surface area contributed by atoms with Crippen LogP contribution in [0, 0.1) is 0 Å². The second kappa shape index (κ2) is 61.9. The van der Waals surface area contributed by atoms with Crippen molar-refractivity contribution in [2.24, 2.45) is 0 Å². The first-order valence-electron chi connectivity index (χ1n) is 35.2. The number of esters is 3. The van der Waals surface area contributed by atoms with E-state index in [0.29, 0.717) is 19.3 Å². The number of hydrogen-bond acceptors (Lipinski definition) is 11. The Morgan fingerprint density at radius 3 is 1.10 bits per heavy atom. The Kier molecular flexibility index (Phi) is 57.3. The minimum Gasteiger partial charge on any atom is -0.479 e. The van der Waals surface area contributed by atoms with Crippen LogP contribution in [0.15, 0.2) is 97.2 Å². The van der Waals surface area contributed by atoms with Crippen LogP contribution in [-0.2, 0) is 42.9 Å². The molecule has 6 unspecified atom stereocenters. The van der Waals surface area contributed by atoms with E-state index >= 15 is 0 Å². The monoisotopic (exact) mass is 1220 g/mol. The molecule has 87 heavy (non-hydrogen) atoms. The number of rotatable bonds is 60. The molecule has 1 heterocycles. The summed E-state index contributed by atoms with van der Waals surface area (Å²) in [6, 6.07) is 0. The molecule has 498 valence electrons. The van der Waals surface area contributed by atoms with Gasteiger partial charge in [0.2, 0.25) is 0 Å². The number of allylic oxidation sites excluding steroid dienone is 16. The molecule has 0 aliphatic carbocycles. The topological polar surface area (TPSA) is 175 Å². The molecular formula is C75H126O12. The fourth-order valence-electron chi connectivity index (χ4n) is 10.2. The lowest BCUT2D eigenvalue weighted by atomic mass is 9.98. The van der Waals surface area contributed by atoms with Crippen molar-refractivity contribution in [3.8, 4) is 0 Å². The van der Waals surface area contributed by atoms with Crippen LogP contribution in [0.5, 0.6) is 0 Å². The zero-order valence-corrected chi connectivity index (χ0v) is 55.2. The molecule has 12 nitrogen and oxygen atoms in total. The zero-order chi connectivity index (χ0) is 63.1. The number of aliphatic carboxylic acids is 1. The Hall–Kier alpha value is -4.36. The van der Waals surface area contributed by atoms with Gasteiger partial charge in [0.1, 0.15) is 18.8 Å². The molecule has 12 heteroatoms. The normalized spacial score (nSPS) is 17.9. The van der Waals surface area contributed by atoms with Crippen molar-refractivity contribution in [1.29, 1.82) is 0 Å². The molecule has 0 aromatic rings. The number of carboxylic acids is 1. The highest BCUT2D eigenvalue weighted by molar-refractivity contribution is 5.74. The van der Waals surface area contributed by atoms with E-state index in [1.807, 2.05) is 0 Å². The lowest BCUT2D eigenvalue weighted by Gasteiger charge is -2.40. The molecule has 1 aliphatic rings. The third kappa shape index (κ3) is 51.1. The van der Waals surface area contributed by atoms with Crippen molar-refractivity contribution in [3.63, 3.8) is 0 Å². The molecular weight excluding hydrogens is 1090 g/mol. The highest BCUT2D eigenvalue weighted by atomic mass is 16.7. The SMILES string of the molecule is CC/C=C\C/C=C\C/C=C\C/C=C\CCCCCCCCC(=O)OC1C(OCC(COC(=O)CCCCCCCCCCC/C=C\C/C=C\CCCCC)OC(=O)CCCCCCCCCCC/C=C\C/C=C\CCCCC)OC(C(=O)O)C(O)C1O. The minimum absolute atomic E-state index is 0.0404. The summed E-state index contributed by atoms with van der Waals surface area (Å²) in [6.45, 7) is 5.86. The largest absolute Gasteiger partial charge is 0.479 e. The van der Waals surface area contributed by atoms with Crippen molar-refractivity contribution < 1.29 is 58.2 Å². The van der Waals surface area contributed by atoms with Crippen LogP contribution in [0.4, 0.5) is 0 Å². The van der Waals surface area contributed by atoms with Gasteiger partial charge in [-0.2, -0.15) is 0 Å². The summed E-state index contributed by atoms with van der Waals surface area (Å²) in [4.78, 5) is 51.5. The summed E-state index contributed by atoms with van der Waals surface area (Å²) in [5.74, 6) is -3.14. The highest BCUT2D eigenvalue weighted by Gasteiger charge is 2.50. The molecule has 1 rings (SSSR count). The Bertz CT molecular complexity index is 1880. The average molecular weight is 1220 g/mol.